The lowest BCUT2D eigenvalue weighted by molar-refractivity contribution is 1.29. The third-order valence-electron chi connectivity index (χ3n) is 11.4. The highest BCUT2D eigenvalue weighted by Gasteiger charge is 2.21. The van der Waals surface area contributed by atoms with Crippen LogP contribution in [0.2, 0.25) is 0 Å². The SMILES string of the molecule is Cc1ccc(-c2c3nc(c(-c4ccc(C)cc4C)c4ccc([nH]4)c(-c4ccc(C)cc4C)c4nc(c(-c5ccc(C)cc5C)c5ccc2[nH]5)C=C4)C=C3)c(C)c1. The van der Waals surface area contributed by atoms with Crippen molar-refractivity contribution in [3.05, 3.63) is 164 Å². The van der Waals surface area contributed by atoms with Gasteiger partial charge in [0.1, 0.15) is 0 Å². The fourth-order valence-electron chi connectivity index (χ4n) is 8.72. The van der Waals surface area contributed by atoms with Crippen molar-refractivity contribution < 1.29 is 0 Å². The molecule has 0 aliphatic carbocycles. The van der Waals surface area contributed by atoms with Gasteiger partial charge >= 0.3 is 0 Å². The van der Waals surface area contributed by atoms with Gasteiger partial charge in [-0.2, -0.15) is 0 Å². The Morgan fingerprint density at radius 1 is 0.304 bits per heavy atom. The van der Waals surface area contributed by atoms with Gasteiger partial charge < -0.3 is 9.97 Å². The summed E-state index contributed by atoms with van der Waals surface area (Å²) in [6.07, 6.45) is 8.73. The number of aromatic amines is 2. The normalized spacial score (nSPS) is 12.1. The Balaban J connectivity index is 1.50. The highest BCUT2D eigenvalue weighted by Crippen LogP contribution is 2.40. The number of hydrogen-bond donors (Lipinski definition) is 2. The molecular weight excluding hydrogens is 681 g/mol. The largest absolute Gasteiger partial charge is 0.354 e. The zero-order valence-electron chi connectivity index (χ0n) is 33.4. The number of hydrogen-bond acceptors (Lipinski definition) is 2. The molecule has 0 amide bonds. The van der Waals surface area contributed by atoms with E-state index in [2.05, 4.69) is 187 Å². The zero-order chi connectivity index (χ0) is 38.8. The molecule has 3 aromatic heterocycles. The third-order valence-corrected chi connectivity index (χ3v) is 11.4. The van der Waals surface area contributed by atoms with E-state index in [9.17, 15) is 0 Å². The predicted octanol–water partition coefficient (Wildman–Crippen LogP) is 13.8. The molecular formula is C52H46N4. The summed E-state index contributed by atoms with van der Waals surface area (Å²) in [5.41, 5.74) is 26.4. The van der Waals surface area contributed by atoms with Gasteiger partial charge in [-0.1, -0.05) is 95.1 Å². The molecule has 0 spiro atoms. The van der Waals surface area contributed by atoms with Crippen molar-refractivity contribution in [2.75, 3.05) is 0 Å². The molecule has 5 heterocycles. The van der Waals surface area contributed by atoms with Crippen LogP contribution in [-0.4, -0.2) is 19.9 Å². The highest BCUT2D eigenvalue weighted by atomic mass is 14.8. The van der Waals surface area contributed by atoms with Crippen molar-refractivity contribution in [3.63, 3.8) is 0 Å². The van der Waals surface area contributed by atoms with E-state index < -0.39 is 0 Å². The molecule has 0 saturated carbocycles. The Kier molecular flexibility index (Phi) is 8.58. The summed E-state index contributed by atoms with van der Waals surface area (Å²) in [6.45, 7) is 17.4. The molecule has 7 aromatic rings. The second-order valence-corrected chi connectivity index (χ2v) is 15.8. The fourth-order valence-corrected chi connectivity index (χ4v) is 8.72. The molecule has 2 N–H and O–H groups in total. The van der Waals surface area contributed by atoms with Gasteiger partial charge in [-0.05, 0) is 148 Å². The molecule has 0 radical (unpaired) electrons. The number of nitrogens with zero attached hydrogens (tertiary/aromatic N) is 2. The summed E-state index contributed by atoms with van der Waals surface area (Å²) in [4.78, 5) is 18.9. The van der Waals surface area contributed by atoms with E-state index in [1.807, 2.05) is 0 Å². The van der Waals surface area contributed by atoms with Gasteiger partial charge in [0.2, 0.25) is 0 Å². The maximum absolute atomic E-state index is 5.52. The first-order valence-electron chi connectivity index (χ1n) is 19.5. The van der Waals surface area contributed by atoms with Crippen molar-refractivity contribution in [1.82, 2.24) is 19.9 Å². The highest BCUT2D eigenvalue weighted by molar-refractivity contribution is 6.00. The fraction of sp³-hybridized carbons (Fsp3) is 0.154. The van der Waals surface area contributed by atoms with Crippen LogP contribution in [0, 0.1) is 55.4 Å². The molecule has 0 atom stereocenters. The van der Waals surface area contributed by atoms with Crippen LogP contribution in [0.3, 0.4) is 0 Å². The Labute approximate surface area is 329 Å². The molecule has 4 aromatic carbocycles. The van der Waals surface area contributed by atoms with Crippen LogP contribution in [0.1, 0.15) is 67.3 Å². The first-order valence-corrected chi connectivity index (χ1v) is 19.5. The zero-order valence-corrected chi connectivity index (χ0v) is 33.4. The number of nitrogens with one attached hydrogen (secondary N) is 2. The van der Waals surface area contributed by atoms with Crippen LogP contribution in [0.25, 0.3) is 90.9 Å². The minimum Gasteiger partial charge on any atom is -0.354 e. The Morgan fingerprint density at radius 3 is 0.750 bits per heavy atom. The summed E-state index contributed by atoms with van der Waals surface area (Å²) in [7, 11) is 0. The topological polar surface area (TPSA) is 57.4 Å². The first kappa shape index (κ1) is 35.2. The minimum atomic E-state index is 0.922. The first-order chi connectivity index (χ1) is 27.0. The monoisotopic (exact) mass is 726 g/mol. The summed E-state index contributed by atoms with van der Waals surface area (Å²) in [6, 6.07) is 35.6. The minimum absolute atomic E-state index is 0.922. The smallest absolute Gasteiger partial charge is 0.0737 e. The van der Waals surface area contributed by atoms with Crippen molar-refractivity contribution in [2.45, 2.75) is 55.4 Å². The second-order valence-electron chi connectivity index (χ2n) is 15.8. The Bertz CT molecular complexity index is 2600. The van der Waals surface area contributed by atoms with Gasteiger partial charge in [0.15, 0.2) is 0 Å². The van der Waals surface area contributed by atoms with E-state index in [1.54, 1.807) is 0 Å². The van der Waals surface area contributed by atoms with E-state index in [4.69, 9.17) is 9.97 Å². The van der Waals surface area contributed by atoms with E-state index in [1.165, 1.54) is 44.5 Å². The molecule has 2 aliphatic heterocycles. The lowest BCUT2D eigenvalue weighted by Crippen LogP contribution is -1.93. The molecule has 0 fully saturated rings. The summed E-state index contributed by atoms with van der Waals surface area (Å²) < 4.78 is 0. The van der Waals surface area contributed by atoms with Crippen LogP contribution >= 0.6 is 0 Å². The van der Waals surface area contributed by atoms with Crippen LogP contribution in [0.5, 0.6) is 0 Å². The van der Waals surface area contributed by atoms with Crippen LogP contribution < -0.4 is 0 Å². The molecule has 56 heavy (non-hydrogen) atoms. The van der Waals surface area contributed by atoms with Gasteiger partial charge in [-0.25, -0.2) is 9.97 Å². The average Bonchev–Trinajstić information content (AvgIpc) is 3.99. The lowest BCUT2D eigenvalue weighted by Gasteiger charge is -2.11. The molecule has 0 unspecified atom stereocenters. The van der Waals surface area contributed by atoms with Gasteiger partial charge in [0.25, 0.3) is 0 Å². The number of aryl methyl sites for hydroxylation is 8. The van der Waals surface area contributed by atoms with Crippen molar-refractivity contribution in [3.8, 4) is 44.5 Å². The van der Waals surface area contributed by atoms with Crippen LogP contribution in [-0.2, 0) is 0 Å². The summed E-state index contributed by atoms with van der Waals surface area (Å²) >= 11 is 0. The molecule has 9 rings (SSSR count). The molecule has 2 aliphatic rings. The number of fused-ring (bicyclic) bond motifs is 8. The van der Waals surface area contributed by atoms with Gasteiger partial charge in [-0.15, -0.1) is 0 Å². The number of aromatic nitrogens is 4. The molecule has 274 valence electrons. The number of benzene rings is 4. The van der Waals surface area contributed by atoms with Gasteiger partial charge in [-0.3, -0.25) is 0 Å². The van der Waals surface area contributed by atoms with E-state index >= 15 is 0 Å². The van der Waals surface area contributed by atoms with Gasteiger partial charge in [0.05, 0.1) is 22.8 Å². The predicted molar refractivity (Wildman–Crippen MR) is 238 cm³/mol. The quantitative estimate of drug-likeness (QED) is 0.190. The number of H-pyrrole nitrogens is 2. The standard InChI is InChI=1S/C52H46N4/c1-29-9-13-37(33(5)25-29)49-41-17-19-43(53-41)50(38-14-10-30(2)26-34(38)6)45-21-23-47(55-45)52(40-16-12-32(4)28-36(40)8)48-24-22-46(56-48)51(44-20-18-42(49)54-44)39-15-11-31(3)27-35(39)7/h9-28,53,56H,1-8H3. The van der Waals surface area contributed by atoms with Crippen molar-refractivity contribution in [1.29, 1.82) is 0 Å². The van der Waals surface area contributed by atoms with E-state index in [0.717, 1.165) is 89.4 Å². The Morgan fingerprint density at radius 2 is 0.536 bits per heavy atom. The average molecular weight is 727 g/mol. The van der Waals surface area contributed by atoms with Crippen molar-refractivity contribution in [2.24, 2.45) is 0 Å². The third kappa shape index (κ3) is 6.12. The van der Waals surface area contributed by atoms with Crippen LogP contribution in [0.4, 0.5) is 0 Å². The number of rotatable bonds is 4. The summed E-state index contributed by atoms with van der Waals surface area (Å²) in [5, 5.41) is 0. The molecule has 0 saturated heterocycles. The van der Waals surface area contributed by atoms with Gasteiger partial charge in [0, 0.05) is 44.3 Å². The maximum Gasteiger partial charge on any atom is 0.0737 e. The Hall–Kier alpha value is -6.52. The molecule has 4 nitrogen and oxygen atoms in total. The van der Waals surface area contributed by atoms with E-state index in [-0.39, 0.29) is 0 Å². The molecule has 8 bridgehead atoms. The molecule has 4 heteroatoms. The summed E-state index contributed by atoms with van der Waals surface area (Å²) in [5.74, 6) is 0. The lowest BCUT2D eigenvalue weighted by atomic mass is 9.97. The maximum atomic E-state index is 5.52. The van der Waals surface area contributed by atoms with Crippen LogP contribution in [0.15, 0.2) is 97.1 Å². The van der Waals surface area contributed by atoms with Crippen molar-refractivity contribution >= 4 is 46.4 Å². The second kappa shape index (κ2) is 13.6. The van der Waals surface area contributed by atoms with E-state index in [0.29, 0.717) is 0 Å².